The molecular weight excluding hydrogens is 273 g/mol. The Morgan fingerprint density at radius 3 is 2.48 bits per heavy atom. The molecule has 2 rings (SSSR count). The van der Waals surface area contributed by atoms with Gasteiger partial charge in [-0.3, -0.25) is 4.79 Å². The summed E-state index contributed by atoms with van der Waals surface area (Å²) in [5, 5.41) is 12.1. The topological polar surface area (TPSA) is 66.4 Å². The van der Waals surface area contributed by atoms with Crippen molar-refractivity contribution in [2.24, 2.45) is 5.92 Å². The van der Waals surface area contributed by atoms with Gasteiger partial charge in [0.2, 0.25) is 0 Å². The molecule has 21 heavy (non-hydrogen) atoms. The van der Waals surface area contributed by atoms with Crippen molar-refractivity contribution < 1.29 is 19.1 Å². The molecule has 0 atom stereocenters. The molecule has 0 bridgehead atoms. The standard InChI is InChI=1S/C16H20FNO3/c1-2-11-7-9-16(10-8-11,15(20)21)18-14(19)12-5-3-4-6-13(12)17/h3-6,11H,2,7-10H2,1H3,(H,18,19)(H,20,21). The highest BCUT2D eigenvalue weighted by atomic mass is 19.1. The smallest absolute Gasteiger partial charge is 0.329 e. The fourth-order valence-electron chi connectivity index (χ4n) is 2.90. The van der Waals surface area contributed by atoms with Gasteiger partial charge in [0.05, 0.1) is 5.56 Å². The van der Waals surface area contributed by atoms with Crippen molar-refractivity contribution in [3.8, 4) is 0 Å². The predicted molar refractivity (Wildman–Crippen MR) is 76.5 cm³/mol. The first-order chi connectivity index (χ1) is 9.98. The van der Waals surface area contributed by atoms with E-state index in [2.05, 4.69) is 12.2 Å². The average molecular weight is 293 g/mol. The Hall–Kier alpha value is -1.91. The monoisotopic (exact) mass is 293 g/mol. The van der Waals surface area contributed by atoms with Crippen LogP contribution < -0.4 is 5.32 Å². The molecule has 1 aromatic rings. The minimum atomic E-state index is -1.27. The van der Waals surface area contributed by atoms with Crippen molar-refractivity contribution in [1.29, 1.82) is 0 Å². The average Bonchev–Trinajstić information content (AvgIpc) is 2.48. The van der Waals surface area contributed by atoms with Crippen LogP contribution in [0.1, 0.15) is 49.4 Å². The quantitative estimate of drug-likeness (QED) is 0.897. The minimum Gasteiger partial charge on any atom is -0.480 e. The van der Waals surface area contributed by atoms with Crippen molar-refractivity contribution in [2.75, 3.05) is 0 Å². The lowest BCUT2D eigenvalue weighted by Gasteiger charge is -2.37. The number of halogens is 1. The van der Waals surface area contributed by atoms with Gasteiger partial charge in [0.25, 0.3) is 5.91 Å². The summed E-state index contributed by atoms with van der Waals surface area (Å²) in [5.41, 5.74) is -1.39. The largest absolute Gasteiger partial charge is 0.480 e. The van der Waals surface area contributed by atoms with E-state index in [0.29, 0.717) is 18.8 Å². The van der Waals surface area contributed by atoms with Gasteiger partial charge >= 0.3 is 5.97 Å². The van der Waals surface area contributed by atoms with E-state index in [1.165, 1.54) is 18.2 Å². The van der Waals surface area contributed by atoms with E-state index < -0.39 is 23.2 Å². The van der Waals surface area contributed by atoms with Crippen LogP contribution in [0.2, 0.25) is 0 Å². The molecule has 0 spiro atoms. The summed E-state index contributed by atoms with van der Waals surface area (Å²) in [6.07, 6.45) is 3.32. The third-order valence-corrected chi connectivity index (χ3v) is 4.42. The second-order valence-corrected chi connectivity index (χ2v) is 5.67. The molecule has 2 N–H and O–H groups in total. The van der Waals surface area contributed by atoms with Crippen LogP contribution in [0, 0.1) is 11.7 Å². The molecule has 1 aliphatic rings. The van der Waals surface area contributed by atoms with Crippen LogP contribution >= 0.6 is 0 Å². The van der Waals surface area contributed by atoms with Crippen LogP contribution in [0.4, 0.5) is 4.39 Å². The molecule has 0 heterocycles. The summed E-state index contributed by atoms with van der Waals surface area (Å²) >= 11 is 0. The number of hydrogen-bond donors (Lipinski definition) is 2. The third-order valence-electron chi connectivity index (χ3n) is 4.42. The molecule has 0 saturated heterocycles. The molecule has 0 radical (unpaired) electrons. The number of amides is 1. The fraction of sp³-hybridized carbons (Fsp3) is 0.500. The van der Waals surface area contributed by atoms with Gasteiger partial charge in [-0.15, -0.1) is 0 Å². The van der Waals surface area contributed by atoms with Gasteiger partial charge in [-0.05, 0) is 43.7 Å². The van der Waals surface area contributed by atoms with Gasteiger partial charge in [-0.25, -0.2) is 9.18 Å². The molecule has 4 nitrogen and oxygen atoms in total. The maximum atomic E-state index is 13.6. The van der Waals surface area contributed by atoms with Gasteiger partial charge in [0.15, 0.2) is 0 Å². The first-order valence-corrected chi connectivity index (χ1v) is 7.29. The molecule has 114 valence electrons. The summed E-state index contributed by atoms with van der Waals surface area (Å²) in [4.78, 5) is 23.8. The minimum absolute atomic E-state index is 0.115. The zero-order valence-corrected chi connectivity index (χ0v) is 12.1. The maximum Gasteiger partial charge on any atom is 0.329 e. The molecule has 0 aliphatic heterocycles. The highest BCUT2D eigenvalue weighted by Gasteiger charge is 2.43. The zero-order chi connectivity index (χ0) is 15.5. The molecule has 1 aliphatic carbocycles. The number of carboxylic acids is 1. The van der Waals surface area contributed by atoms with Crippen LogP contribution in [0.15, 0.2) is 24.3 Å². The summed E-state index contributed by atoms with van der Waals surface area (Å²) < 4.78 is 13.6. The van der Waals surface area contributed by atoms with E-state index in [1.54, 1.807) is 6.07 Å². The van der Waals surface area contributed by atoms with Crippen LogP contribution in [-0.2, 0) is 4.79 Å². The van der Waals surface area contributed by atoms with Crippen molar-refractivity contribution in [1.82, 2.24) is 5.32 Å². The van der Waals surface area contributed by atoms with Crippen LogP contribution in [0.3, 0.4) is 0 Å². The number of rotatable bonds is 4. The number of carboxylic acid groups (broad SMARTS) is 1. The Morgan fingerprint density at radius 1 is 1.33 bits per heavy atom. The molecular formula is C16H20FNO3. The van der Waals surface area contributed by atoms with E-state index in [1.807, 2.05) is 0 Å². The van der Waals surface area contributed by atoms with Gasteiger partial charge in [-0.1, -0.05) is 25.5 Å². The van der Waals surface area contributed by atoms with Crippen molar-refractivity contribution in [2.45, 2.75) is 44.6 Å². The van der Waals surface area contributed by atoms with Crippen molar-refractivity contribution >= 4 is 11.9 Å². The Bertz CT molecular complexity index is 536. The van der Waals surface area contributed by atoms with Crippen LogP contribution in [-0.4, -0.2) is 22.5 Å². The molecule has 1 saturated carbocycles. The van der Waals surface area contributed by atoms with Crippen molar-refractivity contribution in [3.63, 3.8) is 0 Å². The van der Waals surface area contributed by atoms with Gasteiger partial charge in [0.1, 0.15) is 11.4 Å². The molecule has 0 unspecified atom stereocenters. The van der Waals surface area contributed by atoms with Crippen molar-refractivity contribution in [3.05, 3.63) is 35.6 Å². The zero-order valence-electron chi connectivity index (χ0n) is 12.1. The highest BCUT2D eigenvalue weighted by Crippen LogP contribution is 2.34. The molecule has 1 aromatic carbocycles. The van der Waals surface area contributed by atoms with Gasteiger partial charge in [-0.2, -0.15) is 0 Å². The Morgan fingerprint density at radius 2 is 1.95 bits per heavy atom. The Kier molecular flexibility index (Phi) is 4.60. The highest BCUT2D eigenvalue weighted by molar-refractivity contribution is 5.98. The normalized spacial score (nSPS) is 25.3. The number of carbonyl (C=O) groups excluding carboxylic acids is 1. The molecule has 0 aromatic heterocycles. The SMILES string of the molecule is CCC1CCC(NC(=O)c2ccccc2F)(C(=O)O)CC1. The first-order valence-electron chi connectivity index (χ1n) is 7.29. The lowest BCUT2D eigenvalue weighted by molar-refractivity contribution is -0.146. The number of hydrogen-bond acceptors (Lipinski definition) is 2. The second kappa shape index (κ2) is 6.24. The Labute approximate surface area is 123 Å². The fourth-order valence-corrected chi connectivity index (χ4v) is 2.90. The molecule has 1 amide bonds. The number of aliphatic carboxylic acids is 1. The maximum absolute atomic E-state index is 13.6. The third kappa shape index (κ3) is 3.23. The summed E-state index contributed by atoms with van der Waals surface area (Å²) in [6, 6.07) is 5.60. The summed E-state index contributed by atoms with van der Waals surface area (Å²) in [5.74, 6) is -1.84. The van der Waals surface area contributed by atoms with E-state index in [-0.39, 0.29) is 5.56 Å². The number of nitrogens with one attached hydrogen (secondary N) is 1. The van der Waals surface area contributed by atoms with Crippen LogP contribution in [0.5, 0.6) is 0 Å². The van der Waals surface area contributed by atoms with E-state index in [4.69, 9.17) is 0 Å². The lowest BCUT2D eigenvalue weighted by Crippen LogP contribution is -2.56. The van der Waals surface area contributed by atoms with Crippen LogP contribution in [0.25, 0.3) is 0 Å². The van der Waals surface area contributed by atoms with E-state index in [9.17, 15) is 19.1 Å². The summed E-state index contributed by atoms with van der Waals surface area (Å²) in [6.45, 7) is 2.08. The Balaban J connectivity index is 2.16. The first kappa shape index (κ1) is 15.5. The number of carbonyl (C=O) groups is 2. The second-order valence-electron chi connectivity index (χ2n) is 5.67. The van der Waals surface area contributed by atoms with Gasteiger partial charge in [0, 0.05) is 0 Å². The molecule has 5 heteroatoms. The van der Waals surface area contributed by atoms with Gasteiger partial charge < -0.3 is 10.4 Å². The predicted octanol–water partition coefficient (Wildman–Crippen LogP) is 2.98. The molecule has 1 fully saturated rings. The summed E-state index contributed by atoms with van der Waals surface area (Å²) in [7, 11) is 0. The van der Waals surface area contributed by atoms with E-state index in [0.717, 1.165) is 19.3 Å². The number of benzene rings is 1. The van der Waals surface area contributed by atoms with E-state index >= 15 is 0 Å². The lowest BCUT2D eigenvalue weighted by atomic mass is 9.75.